The number of rotatable bonds is 1. The van der Waals surface area contributed by atoms with Crippen LogP contribution in [0.3, 0.4) is 0 Å². The van der Waals surface area contributed by atoms with Gasteiger partial charge in [-0.1, -0.05) is 0 Å². The standard InChI is InChI=1S/C12H9ClN2S2/c1-6-3-4-16-10(6)9-8-5-7(2)17-11(8)15-12(13)14-9/h3-5H,1-2H3. The molecule has 0 amide bonds. The van der Waals surface area contributed by atoms with Crippen LogP contribution >= 0.6 is 34.3 Å². The average molecular weight is 281 g/mol. The Morgan fingerprint density at radius 1 is 1.24 bits per heavy atom. The fourth-order valence-electron chi connectivity index (χ4n) is 1.80. The van der Waals surface area contributed by atoms with E-state index in [4.69, 9.17) is 11.6 Å². The number of aromatic nitrogens is 2. The molecule has 3 aromatic heterocycles. The van der Waals surface area contributed by atoms with Crippen LogP contribution in [0.2, 0.25) is 5.28 Å². The Morgan fingerprint density at radius 3 is 2.76 bits per heavy atom. The first-order chi connectivity index (χ1) is 8.15. The van der Waals surface area contributed by atoms with Crippen molar-refractivity contribution < 1.29 is 0 Å². The lowest BCUT2D eigenvalue weighted by Gasteiger charge is -2.01. The van der Waals surface area contributed by atoms with E-state index >= 15 is 0 Å². The molecular formula is C12H9ClN2S2. The van der Waals surface area contributed by atoms with Crippen molar-refractivity contribution in [2.45, 2.75) is 13.8 Å². The highest BCUT2D eigenvalue weighted by molar-refractivity contribution is 7.18. The summed E-state index contributed by atoms with van der Waals surface area (Å²) in [5, 5.41) is 3.50. The molecular weight excluding hydrogens is 272 g/mol. The van der Waals surface area contributed by atoms with Crippen LogP contribution in [0.1, 0.15) is 10.4 Å². The monoisotopic (exact) mass is 280 g/mol. The molecule has 3 rings (SSSR count). The van der Waals surface area contributed by atoms with E-state index in [1.54, 1.807) is 22.7 Å². The van der Waals surface area contributed by atoms with Crippen molar-refractivity contribution in [1.82, 2.24) is 9.97 Å². The molecule has 0 saturated heterocycles. The van der Waals surface area contributed by atoms with Crippen molar-refractivity contribution >= 4 is 44.5 Å². The van der Waals surface area contributed by atoms with Gasteiger partial charge in [0.25, 0.3) is 0 Å². The largest absolute Gasteiger partial charge is 0.224 e. The molecule has 5 heteroatoms. The summed E-state index contributed by atoms with van der Waals surface area (Å²) in [6, 6.07) is 4.23. The SMILES string of the molecule is Cc1cc2c(-c3sccc3C)nc(Cl)nc2s1. The highest BCUT2D eigenvalue weighted by atomic mass is 35.5. The van der Waals surface area contributed by atoms with E-state index in [1.807, 2.05) is 0 Å². The Bertz CT molecular complexity index is 700. The molecule has 0 unspecified atom stereocenters. The Balaban J connectivity index is 2.39. The molecule has 0 aliphatic carbocycles. The Hall–Kier alpha value is -0.970. The molecule has 0 atom stereocenters. The van der Waals surface area contributed by atoms with Crippen LogP contribution in [0.4, 0.5) is 0 Å². The predicted octanol–water partition coefficient (Wildman–Crippen LogP) is 4.69. The third-order valence-corrected chi connectivity index (χ3v) is 4.70. The third kappa shape index (κ3) is 1.86. The number of halogens is 1. The van der Waals surface area contributed by atoms with Crippen LogP contribution < -0.4 is 0 Å². The van der Waals surface area contributed by atoms with Gasteiger partial charge in [-0.05, 0) is 48.5 Å². The fourth-order valence-corrected chi connectivity index (χ4v) is 3.83. The number of hydrogen-bond acceptors (Lipinski definition) is 4. The van der Waals surface area contributed by atoms with E-state index in [0.29, 0.717) is 5.28 Å². The van der Waals surface area contributed by atoms with Crippen LogP contribution in [-0.4, -0.2) is 9.97 Å². The van der Waals surface area contributed by atoms with E-state index < -0.39 is 0 Å². The molecule has 2 nitrogen and oxygen atoms in total. The first-order valence-electron chi connectivity index (χ1n) is 5.13. The maximum absolute atomic E-state index is 5.99. The number of hydrogen-bond donors (Lipinski definition) is 0. The molecule has 0 spiro atoms. The molecule has 17 heavy (non-hydrogen) atoms. The van der Waals surface area contributed by atoms with E-state index in [9.17, 15) is 0 Å². The summed E-state index contributed by atoms with van der Waals surface area (Å²) in [5.41, 5.74) is 2.19. The van der Waals surface area contributed by atoms with Crippen LogP contribution in [0.5, 0.6) is 0 Å². The summed E-state index contributed by atoms with van der Waals surface area (Å²) < 4.78 is 0. The van der Waals surface area contributed by atoms with Crippen molar-refractivity contribution in [2.24, 2.45) is 0 Å². The van der Waals surface area contributed by atoms with Gasteiger partial charge in [0.05, 0.1) is 10.6 Å². The van der Waals surface area contributed by atoms with Gasteiger partial charge in [-0.2, -0.15) is 0 Å². The van der Waals surface area contributed by atoms with Crippen molar-refractivity contribution in [3.63, 3.8) is 0 Å². The molecule has 0 radical (unpaired) electrons. The second-order valence-corrected chi connectivity index (χ2v) is 6.34. The quantitative estimate of drug-likeness (QED) is 0.604. The lowest BCUT2D eigenvalue weighted by atomic mass is 10.2. The number of aryl methyl sites for hydroxylation is 2. The second kappa shape index (κ2) is 4.05. The van der Waals surface area contributed by atoms with E-state index in [0.717, 1.165) is 15.9 Å². The summed E-state index contributed by atoms with van der Waals surface area (Å²) in [6.45, 7) is 4.16. The Morgan fingerprint density at radius 2 is 2.06 bits per heavy atom. The summed E-state index contributed by atoms with van der Waals surface area (Å²) in [7, 11) is 0. The number of fused-ring (bicyclic) bond motifs is 1. The van der Waals surface area contributed by atoms with E-state index in [1.165, 1.54) is 15.3 Å². The second-order valence-electron chi connectivity index (χ2n) is 3.85. The summed E-state index contributed by atoms with van der Waals surface area (Å²) in [4.78, 5) is 12.0. The van der Waals surface area contributed by atoms with E-state index in [-0.39, 0.29) is 0 Å². The first-order valence-corrected chi connectivity index (χ1v) is 7.20. The van der Waals surface area contributed by atoms with Crippen molar-refractivity contribution in [2.75, 3.05) is 0 Å². The Kier molecular flexibility index (Phi) is 2.65. The lowest BCUT2D eigenvalue weighted by molar-refractivity contribution is 1.24. The van der Waals surface area contributed by atoms with Gasteiger partial charge < -0.3 is 0 Å². The molecule has 0 N–H and O–H groups in total. The fraction of sp³-hybridized carbons (Fsp3) is 0.167. The molecule has 0 aliphatic heterocycles. The van der Waals surface area contributed by atoms with Gasteiger partial charge >= 0.3 is 0 Å². The minimum atomic E-state index is 0.321. The molecule has 0 aliphatic rings. The van der Waals surface area contributed by atoms with Crippen molar-refractivity contribution in [3.05, 3.63) is 33.2 Å². The topological polar surface area (TPSA) is 25.8 Å². The molecule has 0 fully saturated rings. The van der Waals surface area contributed by atoms with Gasteiger partial charge in [0.1, 0.15) is 4.83 Å². The maximum Gasteiger partial charge on any atom is 0.224 e. The third-order valence-electron chi connectivity index (χ3n) is 2.57. The van der Waals surface area contributed by atoms with Gasteiger partial charge in [0.2, 0.25) is 5.28 Å². The normalized spacial score (nSPS) is 11.2. The van der Waals surface area contributed by atoms with Gasteiger partial charge in [0.15, 0.2) is 0 Å². The molecule has 0 aromatic carbocycles. The first kappa shape index (κ1) is 11.1. The molecule has 0 saturated carbocycles. The van der Waals surface area contributed by atoms with Crippen molar-refractivity contribution in [1.29, 1.82) is 0 Å². The Labute approximate surface area is 112 Å². The zero-order valence-corrected chi connectivity index (χ0v) is 11.7. The highest BCUT2D eigenvalue weighted by Gasteiger charge is 2.13. The molecule has 3 aromatic rings. The summed E-state index contributed by atoms with van der Waals surface area (Å²) in [5.74, 6) is 0. The minimum absolute atomic E-state index is 0.321. The maximum atomic E-state index is 5.99. The van der Waals surface area contributed by atoms with Crippen LogP contribution in [-0.2, 0) is 0 Å². The van der Waals surface area contributed by atoms with Crippen LogP contribution in [0.25, 0.3) is 20.8 Å². The number of thiophene rings is 2. The van der Waals surface area contributed by atoms with Crippen molar-refractivity contribution in [3.8, 4) is 10.6 Å². The minimum Gasteiger partial charge on any atom is -0.216 e. The lowest BCUT2D eigenvalue weighted by Crippen LogP contribution is -1.87. The molecule has 3 heterocycles. The zero-order valence-electron chi connectivity index (χ0n) is 9.32. The zero-order chi connectivity index (χ0) is 12.0. The van der Waals surface area contributed by atoms with Gasteiger partial charge in [-0.15, -0.1) is 22.7 Å². The van der Waals surface area contributed by atoms with Gasteiger partial charge in [-0.25, -0.2) is 9.97 Å². The smallest absolute Gasteiger partial charge is 0.216 e. The van der Waals surface area contributed by atoms with E-state index in [2.05, 4.69) is 41.3 Å². The number of nitrogens with zero attached hydrogens (tertiary/aromatic N) is 2. The highest BCUT2D eigenvalue weighted by Crippen LogP contribution is 2.36. The van der Waals surface area contributed by atoms with Crippen LogP contribution in [0.15, 0.2) is 17.5 Å². The predicted molar refractivity (Wildman–Crippen MR) is 75.2 cm³/mol. The average Bonchev–Trinajstić information content (AvgIpc) is 2.82. The van der Waals surface area contributed by atoms with Crippen LogP contribution in [0, 0.1) is 13.8 Å². The summed E-state index contributed by atoms with van der Waals surface area (Å²) >= 11 is 9.34. The van der Waals surface area contributed by atoms with Gasteiger partial charge in [-0.3, -0.25) is 0 Å². The summed E-state index contributed by atoms with van der Waals surface area (Å²) in [6.07, 6.45) is 0. The molecule has 0 bridgehead atoms. The van der Waals surface area contributed by atoms with Gasteiger partial charge in [0, 0.05) is 10.3 Å². The molecule has 86 valence electrons.